The topological polar surface area (TPSA) is 62.2 Å². The van der Waals surface area contributed by atoms with Gasteiger partial charge in [0.2, 0.25) is 0 Å². The molecule has 4 nitrogen and oxygen atoms in total. The molecule has 1 aromatic carbocycles. The zero-order valence-corrected chi connectivity index (χ0v) is 11.7. The van der Waals surface area contributed by atoms with Crippen molar-refractivity contribution in [1.82, 2.24) is 4.98 Å². The first kappa shape index (κ1) is 15.3. The number of halogens is 3. The lowest BCUT2D eigenvalue weighted by molar-refractivity contribution is -0.138. The molecule has 0 spiro atoms. The van der Waals surface area contributed by atoms with Gasteiger partial charge in [-0.2, -0.15) is 13.2 Å². The van der Waals surface area contributed by atoms with Crippen LogP contribution in [0.1, 0.15) is 16.1 Å². The highest BCUT2D eigenvalue weighted by Crippen LogP contribution is 2.31. The Labute approximate surface area is 122 Å². The van der Waals surface area contributed by atoms with Crippen LogP contribution < -0.4 is 5.32 Å². The Morgan fingerprint density at radius 3 is 2.48 bits per heavy atom. The minimum absolute atomic E-state index is 0.127. The van der Waals surface area contributed by atoms with Gasteiger partial charge in [0.1, 0.15) is 0 Å². The van der Waals surface area contributed by atoms with Gasteiger partial charge in [-0.25, -0.2) is 4.98 Å². The van der Waals surface area contributed by atoms with Crippen molar-refractivity contribution >= 4 is 28.1 Å². The molecular formula is C13H11F3N2O2S. The fourth-order valence-electron chi connectivity index (χ4n) is 1.65. The van der Waals surface area contributed by atoms with Crippen molar-refractivity contribution in [3.05, 3.63) is 40.4 Å². The number of rotatable bonds is 4. The van der Waals surface area contributed by atoms with Crippen LogP contribution in [0.4, 0.5) is 24.0 Å². The molecule has 112 valence electrons. The van der Waals surface area contributed by atoms with Crippen LogP contribution in [0.25, 0.3) is 0 Å². The maximum absolute atomic E-state index is 12.4. The molecule has 0 saturated heterocycles. The minimum Gasteiger partial charge on any atom is -0.481 e. The van der Waals surface area contributed by atoms with Crippen LogP contribution in [0, 0.1) is 6.92 Å². The molecule has 0 unspecified atom stereocenters. The Bertz CT molecular complexity index is 650. The van der Waals surface area contributed by atoms with Gasteiger partial charge in [0.15, 0.2) is 5.13 Å². The number of carbonyl (C=O) groups is 1. The zero-order chi connectivity index (χ0) is 15.6. The lowest BCUT2D eigenvalue weighted by atomic mass is 10.2. The molecule has 0 atom stereocenters. The molecule has 2 rings (SSSR count). The van der Waals surface area contributed by atoms with Crippen molar-refractivity contribution in [3.8, 4) is 0 Å². The van der Waals surface area contributed by atoms with Crippen LogP contribution in [0.2, 0.25) is 0 Å². The number of aryl methyl sites for hydroxylation is 1. The Balaban J connectivity index is 2.13. The van der Waals surface area contributed by atoms with E-state index in [1.54, 1.807) is 6.92 Å². The maximum Gasteiger partial charge on any atom is 0.416 e. The van der Waals surface area contributed by atoms with Crippen molar-refractivity contribution in [3.63, 3.8) is 0 Å². The fourth-order valence-corrected chi connectivity index (χ4v) is 2.62. The van der Waals surface area contributed by atoms with Crippen LogP contribution in [-0.4, -0.2) is 16.1 Å². The summed E-state index contributed by atoms with van der Waals surface area (Å²) >= 11 is 1.17. The van der Waals surface area contributed by atoms with Crippen molar-refractivity contribution in [1.29, 1.82) is 0 Å². The van der Waals surface area contributed by atoms with Gasteiger partial charge in [0, 0.05) is 10.6 Å². The largest absolute Gasteiger partial charge is 0.481 e. The van der Waals surface area contributed by atoms with E-state index in [4.69, 9.17) is 5.11 Å². The molecule has 8 heteroatoms. The first-order chi connectivity index (χ1) is 9.75. The molecule has 1 heterocycles. The van der Waals surface area contributed by atoms with E-state index in [9.17, 15) is 18.0 Å². The second-order valence-electron chi connectivity index (χ2n) is 4.30. The van der Waals surface area contributed by atoms with Gasteiger partial charge in [0.25, 0.3) is 0 Å². The lowest BCUT2D eigenvalue weighted by Crippen LogP contribution is -2.04. The standard InChI is InChI=1S/C13H11F3N2O2S/c1-7-10(6-11(19)20)21-12(17-7)18-9-4-2-8(3-5-9)13(14,15)16/h2-5H,6H2,1H3,(H,17,18)(H,19,20). The summed E-state index contributed by atoms with van der Waals surface area (Å²) in [6.45, 7) is 1.69. The SMILES string of the molecule is Cc1nc(Nc2ccc(C(F)(F)F)cc2)sc1CC(=O)O. The Kier molecular flexibility index (Phi) is 4.17. The fraction of sp³-hybridized carbons (Fsp3) is 0.231. The van der Waals surface area contributed by atoms with E-state index in [1.165, 1.54) is 23.5 Å². The lowest BCUT2D eigenvalue weighted by Gasteiger charge is -2.07. The highest BCUT2D eigenvalue weighted by atomic mass is 32.1. The third kappa shape index (κ3) is 3.94. The van der Waals surface area contributed by atoms with E-state index in [0.29, 0.717) is 21.4 Å². The predicted octanol–water partition coefficient (Wildman–Crippen LogP) is 3.84. The molecule has 1 aromatic heterocycles. The van der Waals surface area contributed by atoms with Gasteiger partial charge in [-0.05, 0) is 31.2 Å². The van der Waals surface area contributed by atoms with Crippen molar-refractivity contribution in [2.24, 2.45) is 0 Å². The number of hydrogen-bond donors (Lipinski definition) is 2. The summed E-state index contributed by atoms with van der Waals surface area (Å²) in [5.41, 5.74) is 0.324. The number of carboxylic acid groups (broad SMARTS) is 1. The van der Waals surface area contributed by atoms with E-state index in [1.807, 2.05) is 0 Å². The first-order valence-corrected chi connectivity index (χ1v) is 6.70. The van der Waals surface area contributed by atoms with E-state index in [0.717, 1.165) is 12.1 Å². The summed E-state index contributed by atoms with van der Waals surface area (Å²) in [7, 11) is 0. The number of carboxylic acids is 1. The van der Waals surface area contributed by atoms with Crippen LogP contribution in [0.15, 0.2) is 24.3 Å². The monoisotopic (exact) mass is 316 g/mol. The van der Waals surface area contributed by atoms with Crippen LogP contribution in [-0.2, 0) is 17.4 Å². The second kappa shape index (κ2) is 5.72. The van der Waals surface area contributed by atoms with Gasteiger partial charge in [-0.1, -0.05) is 0 Å². The molecule has 0 fully saturated rings. The Hall–Kier alpha value is -2.09. The number of nitrogens with one attached hydrogen (secondary N) is 1. The van der Waals surface area contributed by atoms with Gasteiger partial charge in [-0.15, -0.1) is 11.3 Å². The van der Waals surface area contributed by atoms with E-state index < -0.39 is 17.7 Å². The second-order valence-corrected chi connectivity index (χ2v) is 5.38. The van der Waals surface area contributed by atoms with Gasteiger partial charge < -0.3 is 10.4 Å². The quantitative estimate of drug-likeness (QED) is 0.899. The van der Waals surface area contributed by atoms with E-state index in [2.05, 4.69) is 10.3 Å². The number of nitrogens with zero attached hydrogens (tertiary/aromatic N) is 1. The highest BCUT2D eigenvalue weighted by Gasteiger charge is 2.29. The number of thiazole rings is 1. The number of hydrogen-bond acceptors (Lipinski definition) is 4. The van der Waals surface area contributed by atoms with Crippen LogP contribution in [0.5, 0.6) is 0 Å². The molecule has 0 amide bonds. The zero-order valence-electron chi connectivity index (χ0n) is 10.9. The number of alkyl halides is 3. The molecule has 21 heavy (non-hydrogen) atoms. The average molecular weight is 316 g/mol. The molecule has 0 aliphatic heterocycles. The molecule has 2 aromatic rings. The highest BCUT2D eigenvalue weighted by molar-refractivity contribution is 7.15. The van der Waals surface area contributed by atoms with E-state index >= 15 is 0 Å². The van der Waals surface area contributed by atoms with Crippen LogP contribution in [0.3, 0.4) is 0 Å². The number of aromatic nitrogens is 1. The molecule has 0 aliphatic rings. The normalized spacial score (nSPS) is 11.4. The molecule has 0 bridgehead atoms. The van der Waals surface area contributed by atoms with Crippen molar-refractivity contribution in [2.75, 3.05) is 5.32 Å². The number of aliphatic carboxylic acids is 1. The van der Waals surface area contributed by atoms with Crippen LogP contribution >= 0.6 is 11.3 Å². The van der Waals surface area contributed by atoms with Gasteiger partial charge >= 0.3 is 12.1 Å². The van der Waals surface area contributed by atoms with Gasteiger partial charge in [-0.3, -0.25) is 4.79 Å². The molecule has 0 radical (unpaired) electrons. The number of anilines is 2. The van der Waals surface area contributed by atoms with Crippen molar-refractivity contribution in [2.45, 2.75) is 19.5 Å². The maximum atomic E-state index is 12.4. The smallest absolute Gasteiger partial charge is 0.416 e. The van der Waals surface area contributed by atoms with E-state index in [-0.39, 0.29) is 6.42 Å². The summed E-state index contributed by atoms with van der Waals surface area (Å²) in [5, 5.41) is 12.1. The summed E-state index contributed by atoms with van der Waals surface area (Å²) < 4.78 is 37.3. The average Bonchev–Trinajstić information content (AvgIpc) is 2.68. The molecular weight excluding hydrogens is 305 g/mol. The predicted molar refractivity (Wildman–Crippen MR) is 72.9 cm³/mol. The molecule has 0 saturated carbocycles. The summed E-state index contributed by atoms with van der Waals surface area (Å²) in [5.74, 6) is -0.956. The minimum atomic E-state index is -4.37. The third-order valence-corrected chi connectivity index (χ3v) is 3.74. The van der Waals surface area contributed by atoms with Crippen molar-refractivity contribution < 1.29 is 23.1 Å². The molecule has 2 N–H and O–H groups in total. The summed E-state index contributed by atoms with van der Waals surface area (Å²) in [6.07, 6.45) is -4.50. The summed E-state index contributed by atoms with van der Waals surface area (Å²) in [4.78, 5) is 15.4. The van der Waals surface area contributed by atoms with Gasteiger partial charge in [0.05, 0.1) is 17.7 Å². The third-order valence-electron chi connectivity index (χ3n) is 2.67. The number of benzene rings is 1. The summed E-state index contributed by atoms with van der Waals surface area (Å²) in [6, 6.07) is 4.55. The first-order valence-electron chi connectivity index (χ1n) is 5.88. The Morgan fingerprint density at radius 1 is 1.33 bits per heavy atom. The molecule has 0 aliphatic carbocycles. The Morgan fingerprint density at radius 2 is 1.95 bits per heavy atom.